The van der Waals surface area contributed by atoms with E-state index >= 15 is 0 Å². The summed E-state index contributed by atoms with van der Waals surface area (Å²) in [5, 5.41) is 0. The van der Waals surface area contributed by atoms with Crippen molar-refractivity contribution in [2.75, 3.05) is 6.54 Å². The highest BCUT2D eigenvalue weighted by atomic mass is 79.9. The molecule has 0 saturated carbocycles. The molecule has 0 N–H and O–H groups in total. The van der Waals surface area contributed by atoms with Gasteiger partial charge in [-0.05, 0) is 23.8 Å². The summed E-state index contributed by atoms with van der Waals surface area (Å²) < 4.78 is 1.57. The Labute approximate surface area is 124 Å². The largest absolute Gasteiger partial charge is 0.289 e. The molecule has 1 amide bonds. The van der Waals surface area contributed by atoms with Gasteiger partial charge in [-0.3, -0.25) is 9.69 Å². The van der Waals surface area contributed by atoms with Gasteiger partial charge in [0, 0.05) is 11.0 Å². The number of carbonyl (C=O) groups excluding carboxylic acids is 1. The van der Waals surface area contributed by atoms with Gasteiger partial charge in [0.05, 0.1) is 4.91 Å². The molecule has 1 aromatic rings. The molecular formula is C13H10BrNOS2. The first kappa shape index (κ1) is 13.5. The van der Waals surface area contributed by atoms with Gasteiger partial charge in [0.2, 0.25) is 0 Å². The second-order valence-corrected chi connectivity index (χ2v) is 6.23. The van der Waals surface area contributed by atoms with Crippen LogP contribution in [0.15, 0.2) is 46.3 Å². The van der Waals surface area contributed by atoms with Crippen molar-refractivity contribution in [2.45, 2.75) is 0 Å². The number of hydrogen-bond acceptors (Lipinski definition) is 3. The fourth-order valence-electron chi connectivity index (χ4n) is 1.53. The van der Waals surface area contributed by atoms with Crippen molar-refractivity contribution in [1.29, 1.82) is 0 Å². The minimum absolute atomic E-state index is 0.0510. The smallest absolute Gasteiger partial charge is 0.266 e. The maximum Gasteiger partial charge on any atom is 0.266 e. The number of thioether (sulfide) groups is 1. The van der Waals surface area contributed by atoms with Crippen molar-refractivity contribution >= 4 is 56.2 Å². The summed E-state index contributed by atoms with van der Waals surface area (Å²) in [6.07, 6.45) is 3.53. The maximum absolute atomic E-state index is 12.1. The quantitative estimate of drug-likeness (QED) is 0.474. The topological polar surface area (TPSA) is 20.3 Å². The van der Waals surface area contributed by atoms with Crippen molar-refractivity contribution in [3.63, 3.8) is 0 Å². The Balaban J connectivity index is 2.27. The number of rotatable bonds is 3. The van der Waals surface area contributed by atoms with Crippen molar-refractivity contribution in [2.24, 2.45) is 0 Å². The highest BCUT2D eigenvalue weighted by molar-refractivity contribution is 9.10. The summed E-state index contributed by atoms with van der Waals surface area (Å²) in [5.41, 5.74) is 0.975. The van der Waals surface area contributed by atoms with Crippen LogP contribution in [0.5, 0.6) is 0 Å². The number of benzene rings is 1. The minimum Gasteiger partial charge on any atom is -0.289 e. The second-order valence-electron chi connectivity index (χ2n) is 3.64. The lowest BCUT2D eigenvalue weighted by Crippen LogP contribution is -2.27. The van der Waals surface area contributed by atoms with Crippen LogP contribution in [0.3, 0.4) is 0 Å². The Morgan fingerprint density at radius 2 is 2.28 bits per heavy atom. The first-order chi connectivity index (χ1) is 8.61. The van der Waals surface area contributed by atoms with Crippen LogP contribution in [-0.4, -0.2) is 21.7 Å². The number of nitrogens with zero attached hydrogens (tertiary/aromatic N) is 1. The highest BCUT2D eigenvalue weighted by Crippen LogP contribution is 2.32. The van der Waals surface area contributed by atoms with E-state index in [1.807, 2.05) is 30.3 Å². The van der Waals surface area contributed by atoms with E-state index < -0.39 is 0 Å². The van der Waals surface area contributed by atoms with Crippen LogP contribution in [0.1, 0.15) is 5.56 Å². The van der Waals surface area contributed by atoms with Crippen LogP contribution in [0.25, 0.3) is 6.08 Å². The SMILES string of the molecule is C=CCN1C(=O)/C(=C/c2cccc(Br)c2)SC1=S. The van der Waals surface area contributed by atoms with E-state index in [4.69, 9.17) is 12.2 Å². The molecule has 1 saturated heterocycles. The van der Waals surface area contributed by atoms with Gasteiger partial charge in [-0.15, -0.1) is 6.58 Å². The van der Waals surface area contributed by atoms with Gasteiger partial charge in [0.25, 0.3) is 5.91 Å². The van der Waals surface area contributed by atoms with Crippen LogP contribution >= 0.6 is 39.9 Å². The van der Waals surface area contributed by atoms with Crippen molar-refractivity contribution in [1.82, 2.24) is 4.90 Å². The van der Waals surface area contributed by atoms with Crippen LogP contribution < -0.4 is 0 Å². The predicted octanol–water partition coefficient (Wildman–Crippen LogP) is 3.84. The van der Waals surface area contributed by atoms with Crippen LogP contribution in [0.4, 0.5) is 0 Å². The average molecular weight is 340 g/mol. The first-order valence-corrected chi connectivity index (χ1v) is 7.25. The minimum atomic E-state index is -0.0510. The van der Waals surface area contributed by atoms with Gasteiger partial charge in [-0.2, -0.15) is 0 Å². The summed E-state index contributed by atoms with van der Waals surface area (Å²) in [4.78, 5) is 14.3. The second kappa shape index (κ2) is 5.82. The molecule has 2 nitrogen and oxygen atoms in total. The molecule has 18 heavy (non-hydrogen) atoms. The van der Waals surface area contributed by atoms with Gasteiger partial charge >= 0.3 is 0 Å². The van der Waals surface area contributed by atoms with E-state index in [-0.39, 0.29) is 5.91 Å². The molecule has 0 bridgehead atoms. The zero-order chi connectivity index (χ0) is 13.1. The number of hydrogen-bond donors (Lipinski definition) is 0. The fourth-order valence-corrected chi connectivity index (χ4v) is 3.23. The molecule has 0 aliphatic carbocycles. The van der Waals surface area contributed by atoms with Gasteiger partial charge in [0.15, 0.2) is 0 Å². The van der Waals surface area contributed by atoms with Crippen LogP contribution in [-0.2, 0) is 4.79 Å². The Hall–Kier alpha value is -0.910. The molecular weight excluding hydrogens is 330 g/mol. The van der Waals surface area contributed by atoms with E-state index in [2.05, 4.69) is 22.5 Å². The lowest BCUT2D eigenvalue weighted by molar-refractivity contribution is -0.121. The third-order valence-electron chi connectivity index (χ3n) is 2.33. The Morgan fingerprint density at radius 3 is 2.94 bits per heavy atom. The molecule has 1 aromatic carbocycles. The van der Waals surface area contributed by atoms with E-state index in [0.29, 0.717) is 15.8 Å². The van der Waals surface area contributed by atoms with E-state index in [9.17, 15) is 4.79 Å². The molecule has 0 radical (unpaired) electrons. The van der Waals surface area contributed by atoms with E-state index in [0.717, 1.165) is 10.0 Å². The monoisotopic (exact) mass is 339 g/mol. The van der Waals surface area contributed by atoms with Gasteiger partial charge in [-0.25, -0.2) is 0 Å². The summed E-state index contributed by atoms with van der Waals surface area (Å²) >= 11 is 9.91. The average Bonchev–Trinajstić information content (AvgIpc) is 2.57. The summed E-state index contributed by atoms with van der Waals surface area (Å²) in [5.74, 6) is -0.0510. The van der Waals surface area contributed by atoms with Crippen molar-refractivity contribution in [3.05, 3.63) is 51.9 Å². The summed E-state index contributed by atoms with van der Waals surface area (Å²) in [7, 11) is 0. The number of amides is 1. The highest BCUT2D eigenvalue weighted by Gasteiger charge is 2.30. The number of carbonyl (C=O) groups is 1. The molecule has 0 atom stereocenters. The van der Waals surface area contributed by atoms with Gasteiger partial charge in [0.1, 0.15) is 4.32 Å². The standard InChI is InChI=1S/C13H10BrNOS2/c1-2-6-15-12(16)11(18-13(15)17)8-9-4-3-5-10(14)7-9/h2-5,7-8H,1,6H2/b11-8-. The number of thiocarbonyl (C=S) groups is 1. The summed E-state index contributed by atoms with van der Waals surface area (Å²) in [6.45, 7) is 4.08. The predicted molar refractivity (Wildman–Crippen MR) is 84.2 cm³/mol. The number of halogens is 1. The lowest BCUT2D eigenvalue weighted by Gasteiger charge is -2.10. The third-order valence-corrected chi connectivity index (χ3v) is 4.20. The maximum atomic E-state index is 12.1. The zero-order valence-corrected chi connectivity index (χ0v) is 12.6. The van der Waals surface area contributed by atoms with Crippen LogP contribution in [0.2, 0.25) is 0 Å². The lowest BCUT2D eigenvalue weighted by atomic mass is 10.2. The zero-order valence-electron chi connectivity index (χ0n) is 9.43. The Morgan fingerprint density at radius 1 is 1.50 bits per heavy atom. The molecule has 1 aliphatic heterocycles. The first-order valence-electron chi connectivity index (χ1n) is 5.23. The molecule has 0 aromatic heterocycles. The van der Waals surface area contributed by atoms with Crippen molar-refractivity contribution in [3.8, 4) is 0 Å². The van der Waals surface area contributed by atoms with Crippen molar-refractivity contribution < 1.29 is 4.79 Å². The Bertz CT molecular complexity index is 554. The molecule has 0 unspecified atom stereocenters. The van der Waals surface area contributed by atoms with Gasteiger partial charge in [-0.1, -0.05) is 58.1 Å². The molecule has 92 valence electrons. The van der Waals surface area contributed by atoms with E-state index in [1.54, 1.807) is 11.0 Å². The third kappa shape index (κ3) is 2.91. The molecule has 1 heterocycles. The molecule has 1 aliphatic rings. The summed E-state index contributed by atoms with van der Waals surface area (Å²) in [6, 6.07) is 7.78. The Kier molecular flexibility index (Phi) is 4.37. The van der Waals surface area contributed by atoms with Crippen LogP contribution in [0, 0.1) is 0 Å². The van der Waals surface area contributed by atoms with E-state index in [1.165, 1.54) is 11.8 Å². The normalized spacial score (nSPS) is 17.6. The fraction of sp³-hybridized carbons (Fsp3) is 0.0769. The molecule has 5 heteroatoms. The molecule has 2 rings (SSSR count). The van der Waals surface area contributed by atoms with Gasteiger partial charge < -0.3 is 0 Å². The molecule has 0 spiro atoms. The molecule has 1 fully saturated rings.